The molecule has 32 heteroatoms. The molecule has 9 atom stereocenters. The Bertz CT molecular complexity index is 3970. The maximum absolute atomic E-state index is 15.2. The van der Waals surface area contributed by atoms with Crippen molar-refractivity contribution in [1.82, 2.24) is 68.0 Å². The second-order valence-electron chi connectivity index (χ2n) is 24.9. The fourth-order valence-electron chi connectivity index (χ4n) is 12.2. The van der Waals surface area contributed by atoms with Crippen LogP contribution < -0.4 is 64.6 Å². The fourth-order valence-corrected chi connectivity index (χ4v) is 14.1. The van der Waals surface area contributed by atoms with Gasteiger partial charge in [0.2, 0.25) is 59.1 Å². The molecule has 9 rings (SSSR count). The van der Waals surface area contributed by atoms with Gasteiger partial charge in [0.05, 0.1) is 13.0 Å². The number of carbonyl (C=O) groups is 11. The molecule has 5 heterocycles. The summed E-state index contributed by atoms with van der Waals surface area (Å²) in [6.07, 6.45) is 0.991. The second kappa shape index (κ2) is 34.2. The molecule has 3 aliphatic heterocycles. The van der Waals surface area contributed by atoms with Gasteiger partial charge in [-0.05, 0) is 115 Å². The minimum atomic E-state index is -2.01. The van der Waals surface area contributed by atoms with Gasteiger partial charge in [-0.1, -0.05) is 36.4 Å². The molecule has 2 aromatic heterocycles. The van der Waals surface area contributed by atoms with E-state index in [4.69, 9.17) is 11.5 Å². The van der Waals surface area contributed by atoms with Gasteiger partial charge in [0.15, 0.2) is 0 Å². The highest BCUT2D eigenvalue weighted by molar-refractivity contribution is 7.98. The van der Waals surface area contributed by atoms with E-state index in [0.717, 1.165) is 11.1 Å². The van der Waals surface area contributed by atoms with Gasteiger partial charge in [0.25, 0.3) is 0 Å². The number of nitrogens with zero attached hydrogens (tertiary/aromatic N) is 1. The van der Waals surface area contributed by atoms with Crippen molar-refractivity contribution in [2.75, 3.05) is 44.4 Å². The zero-order valence-corrected chi connectivity index (χ0v) is 55.8. The van der Waals surface area contributed by atoms with Crippen LogP contribution in [-0.4, -0.2) is 188 Å². The number of phenolic OH excluding ortho intramolecular Hbond substituents is 1. The lowest BCUT2D eigenvalue weighted by Crippen LogP contribution is -2.63. The molecule has 28 nitrogen and oxygen atoms in total. The van der Waals surface area contributed by atoms with E-state index >= 15 is 14.4 Å². The Hall–Kier alpha value is -9.63. The molecule has 528 valence electrons. The maximum atomic E-state index is 15.2. The third-order valence-electron chi connectivity index (χ3n) is 17.5. The summed E-state index contributed by atoms with van der Waals surface area (Å²) in [6.45, 7) is 1.34. The zero-order chi connectivity index (χ0) is 70.9. The molecule has 18 N–H and O–H groups in total. The highest BCUT2D eigenvalue weighted by Gasteiger charge is 2.49. The van der Waals surface area contributed by atoms with Gasteiger partial charge < -0.3 is 89.7 Å². The lowest BCUT2D eigenvalue weighted by Gasteiger charge is -2.37. The van der Waals surface area contributed by atoms with Crippen LogP contribution in [0.1, 0.15) is 73.3 Å². The molecule has 0 aliphatic carbocycles. The number of aromatic amines is 2. The average Bonchev–Trinajstić information content (AvgIpc) is 1.69. The number of nitrogens with two attached hydrogens (primary N) is 2. The number of nitrogens with one attached hydrogen (secondary N) is 12. The van der Waals surface area contributed by atoms with Gasteiger partial charge in [0, 0.05) is 109 Å². The summed E-state index contributed by atoms with van der Waals surface area (Å²) in [4.78, 5) is 164. The van der Waals surface area contributed by atoms with E-state index in [1.807, 2.05) is 24.3 Å². The van der Waals surface area contributed by atoms with Gasteiger partial charge in [-0.2, -0.15) is 23.5 Å². The quantitative estimate of drug-likeness (QED) is 0.0741. The van der Waals surface area contributed by atoms with Crippen molar-refractivity contribution in [3.8, 4) is 5.75 Å². The number of primary amides is 1. The number of aromatic nitrogens is 2. The maximum Gasteiger partial charge on any atom is 0.305 e. The van der Waals surface area contributed by atoms with Gasteiger partial charge in [0.1, 0.15) is 65.2 Å². The van der Waals surface area contributed by atoms with Crippen molar-refractivity contribution in [3.63, 3.8) is 0 Å². The van der Waals surface area contributed by atoms with E-state index in [-0.39, 0.29) is 80.6 Å². The van der Waals surface area contributed by atoms with Crippen LogP contribution in [0, 0.1) is 11.6 Å². The number of benzene rings is 4. The number of phenols is 1. The van der Waals surface area contributed by atoms with E-state index in [9.17, 15) is 57.4 Å². The second-order valence-corrected chi connectivity index (χ2v) is 27.0. The number of halogens is 2. The number of H-pyrrole nitrogens is 2. The van der Waals surface area contributed by atoms with Crippen molar-refractivity contribution in [2.24, 2.45) is 11.5 Å². The summed E-state index contributed by atoms with van der Waals surface area (Å²) < 4.78 is 29.8. The monoisotopic (exact) mass is 1410 g/mol. The van der Waals surface area contributed by atoms with Crippen molar-refractivity contribution in [2.45, 2.75) is 130 Å². The molecule has 0 radical (unpaired) electrons. The lowest BCUT2D eigenvalue weighted by molar-refractivity contribution is -0.147. The predicted molar refractivity (Wildman–Crippen MR) is 365 cm³/mol. The number of aromatic hydroxyl groups is 1. The molecule has 0 saturated carbocycles. The summed E-state index contributed by atoms with van der Waals surface area (Å²) in [7, 11) is 0. The Kier molecular flexibility index (Phi) is 25.5. The largest absolute Gasteiger partial charge is 0.508 e. The standard InChI is InChI=1S/C67H81F2N15O13S2/c1-67-16-3-18-84(67)65(96)54(21-36-6-10-44(85)11-7-36)82-63(94)52(26-43-30-72-35-76-43)80-64(95)53(27-58(88)89)81-62(93)51(23-40-29-74-48-13-9-42(69)25-46(40)48)79-61(92)50(22-39-28-73-47-12-8-41(68)24-45(39)47)78-57(87)31-75-60(91)49(14-17-70)77-56(86)15-19-98-32-37-4-2-5-38(20-37)33-99-34-55(59(71)90)83-66(67)97/h2,4-13,20,24-25,28-29,43,49-55,72-74,76,85H,3,14-19,21-23,26-27,30-35,70H2,1H3,(H2,71,90)(H,75,91)(H,77,86)(H,78,87)(H,79,92)(H,80,95)(H,81,93)(H,82,94)(H,83,97)(H,88,89)/t43?,49-,50+,51+,52+,53+,54+,55+,67+/m1/s1. The summed E-state index contributed by atoms with van der Waals surface area (Å²) in [5.41, 5.74) is 13.8. The van der Waals surface area contributed by atoms with Crippen LogP contribution in [0.15, 0.2) is 97.3 Å². The summed E-state index contributed by atoms with van der Waals surface area (Å²) in [6, 6.07) is 9.64. The number of thioether (sulfide) groups is 2. The highest BCUT2D eigenvalue weighted by Crippen LogP contribution is 2.32. The third-order valence-corrected chi connectivity index (χ3v) is 19.7. The molecular formula is C67H81F2N15O13S2. The van der Waals surface area contributed by atoms with E-state index < -0.39 is 150 Å². The van der Waals surface area contributed by atoms with E-state index in [1.54, 1.807) is 0 Å². The van der Waals surface area contributed by atoms with Crippen LogP contribution >= 0.6 is 23.5 Å². The highest BCUT2D eigenvalue weighted by atomic mass is 32.2. The molecule has 4 aromatic carbocycles. The predicted octanol–water partition coefficient (Wildman–Crippen LogP) is 0.340. The van der Waals surface area contributed by atoms with Gasteiger partial charge in [-0.15, -0.1) is 0 Å². The molecule has 10 amide bonds. The van der Waals surface area contributed by atoms with Gasteiger partial charge in [-0.25, -0.2) is 8.78 Å². The van der Waals surface area contributed by atoms with Crippen LogP contribution in [0.3, 0.4) is 0 Å². The zero-order valence-electron chi connectivity index (χ0n) is 54.1. The van der Waals surface area contributed by atoms with Crippen LogP contribution in [0.2, 0.25) is 0 Å². The van der Waals surface area contributed by atoms with Crippen molar-refractivity contribution in [1.29, 1.82) is 0 Å². The van der Waals surface area contributed by atoms with Crippen molar-refractivity contribution in [3.05, 3.63) is 137 Å². The number of carboxylic acid groups (broad SMARTS) is 1. The van der Waals surface area contributed by atoms with Gasteiger partial charge >= 0.3 is 5.97 Å². The first kappa shape index (κ1) is 73.6. The first-order valence-electron chi connectivity index (χ1n) is 32.3. The Labute approximate surface area is 575 Å². The molecule has 6 aromatic rings. The van der Waals surface area contributed by atoms with E-state index in [2.05, 4.69) is 63.1 Å². The first-order chi connectivity index (χ1) is 47.4. The van der Waals surface area contributed by atoms with Crippen LogP contribution in [-0.2, 0) is 83.5 Å². The number of amides is 10. The first-order valence-corrected chi connectivity index (χ1v) is 34.6. The van der Waals surface area contributed by atoms with Crippen LogP contribution in [0.25, 0.3) is 21.8 Å². The number of rotatable bonds is 13. The minimum absolute atomic E-state index is 0.00774. The minimum Gasteiger partial charge on any atom is -0.508 e. The lowest BCUT2D eigenvalue weighted by atomic mass is 9.95. The molecule has 3 aliphatic rings. The van der Waals surface area contributed by atoms with E-state index in [1.165, 1.54) is 108 Å². The number of hydrogen-bond donors (Lipinski definition) is 16. The smallest absolute Gasteiger partial charge is 0.305 e. The summed E-state index contributed by atoms with van der Waals surface area (Å²) in [5.74, 6) is -10.6. The normalized spacial score (nSPS) is 24.5. The van der Waals surface area contributed by atoms with Crippen molar-refractivity contribution >= 4 is 110 Å². The molecule has 2 bridgehead atoms. The van der Waals surface area contributed by atoms with Crippen LogP contribution in [0.5, 0.6) is 5.75 Å². The molecule has 2 fully saturated rings. The third kappa shape index (κ3) is 20.0. The Balaban J connectivity index is 1.05. The molecule has 2 saturated heterocycles. The average molecular weight is 1410 g/mol. The Morgan fingerprint density at radius 3 is 1.87 bits per heavy atom. The number of hydrogen-bond acceptors (Lipinski definition) is 17. The molecule has 1 unspecified atom stereocenters. The number of fused-ring (bicyclic) bond motifs is 5. The van der Waals surface area contributed by atoms with Crippen molar-refractivity contribution < 1.29 is 71.7 Å². The number of carbonyl (C=O) groups excluding carboxylic acids is 10. The SMILES string of the molecule is C[C@@]12CCCN1C(=O)[C@H](Cc1ccc(O)cc1)NC(=O)[C@H](CC1CNCN1)NC(=O)[C@H](CC(=O)O)NC(=O)[C@H](Cc1c[nH]c3ccc(F)cc13)NC(=O)[C@H](Cc1c[nH]c3ccc(F)cc13)NC(=O)CNC(=O)[C@@H](CCN)NC(=O)CCSCc1cccc(c1)CSC[C@@H](C(N)=O)NC2=O. The van der Waals surface area contributed by atoms with Gasteiger partial charge in [-0.3, -0.25) is 52.7 Å². The summed E-state index contributed by atoms with van der Waals surface area (Å²) >= 11 is 2.78. The van der Waals surface area contributed by atoms with Crippen LogP contribution in [0.4, 0.5) is 8.78 Å². The Morgan fingerprint density at radius 2 is 1.25 bits per heavy atom. The fraction of sp³-hybridized carbons (Fsp3) is 0.418. The topological polar surface area (TPSA) is 435 Å². The number of aliphatic carboxylic acids is 1. The number of carboxylic acids is 1. The molecule has 99 heavy (non-hydrogen) atoms. The summed E-state index contributed by atoms with van der Waals surface area (Å²) in [5, 5.41) is 48.3. The molecular weight excluding hydrogens is 1320 g/mol. The molecule has 0 spiro atoms. The van der Waals surface area contributed by atoms with E-state index in [0.29, 0.717) is 57.9 Å². The Morgan fingerprint density at radius 1 is 0.667 bits per heavy atom.